The predicted molar refractivity (Wildman–Crippen MR) is 110 cm³/mol. The number of hydrogen-bond acceptors (Lipinski definition) is 3. The Morgan fingerprint density at radius 3 is 2.66 bits per heavy atom. The highest BCUT2D eigenvalue weighted by molar-refractivity contribution is 9.10. The lowest BCUT2D eigenvalue weighted by Crippen LogP contribution is -2.01. The minimum atomic E-state index is -1.36. The van der Waals surface area contributed by atoms with Crippen LogP contribution in [-0.4, -0.2) is 25.4 Å². The lowest BCUT2D eigenvalue weighted by Gasteiger charge is -2.06. The average Bonchev–Trinajstić information content (AvgIpc) is 3.21. The Labute approximate surface area is 181 Å². The highest BCUT2D eigenvalue weighted by Crippen LogP contribution is 2.45. The Morgan fingerprint density at radius 2 is 2.00 bits per heavy atom. The number of fused-ring (bicyclic) bond motifs is 1. The second-order valence-corrected chi connectivity index (χ2v) is 8.32. The molecule has 0 spiro atoms. The number of aryl methyl sites for hydroxylation is 1. The quantitative estimate of drug-likeness (QED) is 0.380. The molecule has 0 saturated carbocycles. The first-order valence-electron chi connectivity index (χ1n) is 8.16. The second-order valence-electron chi connectivity index (χ2n) is 6.11. The van der Waals surface area contributed by atoms with Crippen LogP contribution in [0.4, 0.5) is 8.78 Å². The maximum Gasteiger partial charge on any atom is 0.338 e. The van der Waals surface area contributed by atoms with E-state index in [-0.39, 0.29) is 15.4 Å². The summed E-state index contributed by atoms with van der Waals surface area (Å²) in [6.45, 7) is 0. The molecule has 0 aliphatic carbocycles. The SMILES string of the molecule is Cn1cc(-n2c(Br)c(Sc3cccc(C(=O)O)c3F)c3ccc(Cl)c(F)c32)cn1. The van der Waals surface area contributed by atoms with Gasteiger partial charge in [-0.05, 0) is 40.2 Å². The van der Waals surface area contributed by atoms with Crippen molar-refractivity contribution in [3.63, 3.8) is 0 Å². The van der Waals surface area contributed by atoms with Gasteiger partial charge in [-0.25, -0.2) is 13.6 Å². The number of hydrogen-bond donors (Lipinski definition) is 1. The molecule has 0 radical (unpaired) electrons. The summed E-state index contributed by atoms with van der Waals surface area (Å²) >= 11 is 10.5. The van der Waals surface area contributed by atoms with Crippen LogP contribution in [0.15, 0.2) is 57.1 Å². The van der Waals surface area contributed by atoms with Gasteiger partial charge < -0.3 is 5.11 Å². The Balaban J connectivity index is 1.97. The van der Waals surface area contributed by atoms with Crippen molar-refractivity contribution in [2.75, 3.05) is 0 Å². The summed E-state index contributed by atoms with van der Waals surface area (Å²) < 4.78 is 33.3. The molecule has 0 aliphatic rings. The van der Waals surface area contributed by atoms with E-state index >= 15 is 0 Å². The van der Waals surface area contributed by atoms with Crippen molar-refractivity contribution in [2.24, 2.45) is 7.05 Å². The topological polar surface area (TPSA) is 60.0 Å². The number of rotatable bonds is 4. The Hall–Kier alpha value is -2.36. The number of nitrogens with zero attached hydrogens (tertiary/aromatic N) is 3. The van der Waals surface area contributed by atoms with Gasteiger partial charge in [-0.15, -0.1) is 0 Å². The number of aromatic nitrogens is 3. The summed E-state index contributed by atoms with van der Waals surface area (Å²) in [5.41, 5.74) is 0.350. The highest BCUT2D eigenvalue weighted by atomic mass is 79.9. The summed E-state index contributed by atoms with van der Waals surface area (Å²) in [6, 6.07) is 7.18. The molecule has 2 aromatic heterocycles. The molecule has 0 unspecified atom stereocenters. The van der Waals surface area contributed by atoms with Crippen molar-refractivity contribution >= 4 is 56.2 Å². The number of benzene rings is 2. The van der Waals surface area contributed by atoms with Gasteiger partial charge in [-0.1, -0.05) is 29.4 Å². The smallest absolute Gasteiger partial charge is 0.338 e. The van der Waals surface area contributed by atoms with Crippen LogP contribution < -0.4 is 0 Å². The molecular weight excluding hydrogens is 488 g/mol. The molecule has 5 nitrogen and oxygen atoms in total. The third kappa shape index (κ3) is 3.33. The first-order chi connectivity index (χ1) is 13.8. The minimum Gasteiger partial charge on any atom is -0.478 e. The summed E-state index contributed by atoms with van der Waals surface area (Å²) in [6.07, 6.45) is 3.26. The van der Waals surface area contributed by atoms with Gasteiger partial charge in [-0.3, -0.25) is 9.25 Å². The molecule has 0 saturated heterocycles. The van der Waals surface area contributed by atoms with Gasteiger partial charge in [0.15, 0.2) is 11.6 Å². The standard InChI is InChI=1S/C19H11BrClF2N3O2S/c1-25-8-9(7-24-25)26-16-11(5-6-12(21)15(16)23)17(18(26)20)29-13-4-2-3-10(14(13)22)19(27)28/h2-8H,1H3,(H,27,28). The average molecular weight is 499 g/mol. The summed E-state index contributed by atoms with van der Waals surface area (Å²) in [5.74, 6) is -2.84. The molecule has 0 aliphatic heterocycles. The van der Waals surface area contributed by atoms with E-state index in [0.717, 1.165) is 11.8 Å². The van der Waals surface area contributed by atoms with Gasteiger partial charge in [0.1, 0.15) is 4.60 Å². The number of aromatic carboxylic acids is 1. The monoisotopic (exact) mass is 497 g/mol. The number of carboxylic acids is 1. The molecule has 0 atom stereocenters. The maximum absolute atomic E-state index is 15.0. The fraction of sp³-hybridized carbons (Fsp3) is 0.0526. The van der Waals surface area contributed by atoms with Gasteiger partial charge in [0, 0.05) is 23.5 Å². The maximum atomic E-state index is 15.0. The molecule has 0 fully saturated rings. The second kappa shape index (κ2) is 7.47. The highest BCUT2D eigenvalue weighted by Gasteiger charge is 2.24. The van der Waals surface area contributed by atoms with E-state index < -0.39 is 23.2 Å². The normalized spacial score (nSPS) is 11.3. The van der Waals surface area contributed by atoms with E-state index in [1.165, 1.54) is 24.3 Å². The fourth-order valence-electron chi connectivity index (χ4n) is 2.98. The lowest BCUT2D eigenvalue weighted by atomic mass is 10.2. The van der Waals surface area contributed by atoms with E-state index in [1.54, 1.807) is 34.8 Å². The number of carbonyl (C=O) groups is 1. The van der Waals surface area contributed by atoms with Crippen molar-refractivity contribution in [1.29, 1.82) is 0 Å². The molecule has 2 aromatic carbocycles. The van der Waals surface area contributed by atoms with Crippen LogP contribution in [0.3, 0.4) is 0 Å². The third-order valence-corrected chi connectivity index (χ3v) is 6.73. The zero-order valence-corrected chi connectivity index (χ0v) is 17.8. The molecule has 10 heteroatoms. The van der Waals surface area contributed by atoms with Crippen molar-refractivity contribution < 1.29 is 18.7 Å². The lowest BCUT2D eigenvalue weighted by molar-refractivity contribution is 0.0691. The van der Waals surface area contributed by atoms with Gasteiger partial charge in [0.2, 0.25) is 0 Å². The van der Waals surface area contributed by atoms with Crippen LogP contribution in [-0.2, 0) is 7.05 Å². The van der Waals surface area contributed by atoms with Gasteiger partial charge in [0.25, 0.3) is 0 Å². The Bertz CT molecular complexity index is 1290. The Kier molecular flexibility index (Phi) is 5.14. The first kappa shape index (κ1) is 19.9. The van der Waals surface area contributed by atoms with E-state index in [9.17, 15) is 13.6 Å². The van der Waals surface area contributed by atoms with E-state index in [2.05, 4.69) is 21.0 Å². The van der Waals surface area contributed by atoms with Crippen LogP contribution in [0.5, 0.6) is 0 Å². The van der Waals surface area contributed by atoms with Crippen molar-refractivity contribution in [2.45, 2.75) is 9.79 Å². The van der Waals surface area contributed by atoms with Crippen LogP contribution in [0.2, 0.25) is 5.02 Å². The fourth-order valence-corrected chi connectivity index (χ4v) is 4.99. The van der Waals surface area contributed by atoms with Crippen molar-refractivity contribution in [3.8, 4) is 5.69 Å². The summed E-state index contributed by atoms with van der Waals surface area (Å²) in [5, 5.41) is 13.7. The van der Waals surface area contributed by atoms with Gasteiger partial charge in [-0.2, -0.15) is 5.10 Å². The summed E-state index contributed by atoms with van der Waals surface area (Å²) in [4.78, 5) is 11.9. The van der Waals surface area contributed by atoms with Crippen LogP contribution in [0.25, 0.3) is 16.6 Å². The van der Waals surface area contributed by atoms with Crippen molar-refractivity contribution in [3.05, 3.63) is 69.5 Å². The first-order valence-corrected chi connectivity index (χ1v) is 10.1. The van der Waals surface area contributed by atoms with Crippen molar-refractivity contribution in [1.82, 2.24) is 14.3 Å². The zero-order valence-electron chi connectivity index (χ0n) is 14.7. The Morgan fingerprint density at radius 1 is 1.24 bits per heavy atom. The van der Waals surface area contributed by atoms with Crippen LogP contribution in [0.1, 0.15) is 10.4 Å². The molecule has 148 valence electrons. The van der Waals surface area contributed by atoms with Crippen LogP contribution in [0, 0.1) is 11.6 Å². The molecule has 1 N–H and O–H groups in total. The molecule has 4 aromatic rings. The van der Waals surface area contributed by atoms with Gasteiger partial charge >= 0.3 is 5.97 Å². The molecular formula is C19H11BrClF2N3O2S. The molecule has 29 heavy (non-hydrogen) atoms. The van der Waals surface area contributed by atoms with E-state index in [1.807, 2.05) is 0 Å². The molecule has 2 heterocycles. The van der Waals surface area contributed by atoms with Crippen LogP contribution >= 0.6 is 39.3 Å². The predicted octanol–water partition coefficient (Wildman–Crippen LogP) is 5.91. The zero-order chi connectivity index (χ0) is 20.9. The molecule has 0 amide bonds. The minimum absolute atomic E-state index is 0.0526. The van der Waals surface area contributed by atoms with E-state index in [0.29, 0.717) is 20.6 Å². The molecule has 0 bridgehead atoms. The number of halogens is 4. The summed E-state index contributed by atoms with van der Waals surface area (Å²) in [7, 11) is 1.73. The number of carboxylic acid groups (broad SMARTS) is 1. The third-order valence-electron chi connectivity index (χ3n) is 4.28. The van der Waals surface area contributed by atoms with E-state index in [4.69, 9.17) is 16.7 Å². The largest absolute Gasteiger partial charge is 0.478 e. The van der Waals surface area contributed by atoms with Gasteiger partial charge in [0.05, 0.1) is 32.9 Å². The molecule has 4 rings (SSSR count).